The molecule has 0 saturated carbocycles. The van der Waals surface area contributed by atoms with Crippen molar-refractivity contribution < 1.29 is 44.3 Å². The number of phenols is 1. The minimum absolute atomic E-state index is 0.119. The zero-order chi connectivity index (χ0) is 38.0. The maximum absolute atomic E-state index is 12.0. The largest absolute Gasteiger partial charge is 0.507 e. The SMILES string of the molecule is CC(CN(C)C)CN1c2ccccc2Sc2ccccc21.COc1cc(O)c2c(=O)cc(C)oc2c1CC=C(C)C.O=C(O)C(O)C(O)C(=O)O. The van der Waals surface area contributed by atoms with Gasteiger partial charge >= 0.3 is 11.9 Å². The van der Waals surface area contributed by atoms with Gasteiger partial charge in [-0.05, 0) is 71.5 Å². The highest BCUT2D eigenvalue weighted by atomic mass is 32.2. The van der Waals surface area contributed by atoms with Gasteiger partial charge in [-0.2, -0.15) is 0 Å². The average molecular weight is 723 g/mol. The molecule has 5 N–H and O–H groups in total. The van der Waals surface area contributed by atoms with E-state index in [0.29, 0.717) is 29.4 Å². The lowest BCUT2D eigenvalue weighted by Gasteiger charge is -2.35. The van der Waals surface area contributed by atoms with Gasteiger partial charge in [-0.15, -0.1) is 0 Å². The molecule has 13 heteroatoms. The Morgan fingerprint density at radius 1 is 0.961 bits per heavy atom. The summed E-state index contributed by atoms with van der Waals surface area (Å²) in [6.07, 6.45) is -1.93. The number of ether oxygens (including phenoxy) is 1. The number of aryl methyl sites for hydroxylation is 1. The molecule has 0 fully saturated rings. The number of anilines is 2. The number of hydrogen-bond acceptors (Lipinski definition) is 11. The molecule has 0 saturated heterocycles. The molecule has 2 heterocycles. The van der Waals surface area contributed by atoms with Crippen LogP contribution in [0.25, 0.3) is 11.0 Å². The number of aromatic hydroxyl groups is 1. The van der Waals surface area contributed by atoms with Crippen LogP contribution in [0.4, 0.5) is 11.4 Å². The van der Waals surface area contributed by atoms with E-state index < -0.39 is 24.1 Å². The molecule has 51 heavy (non-hydrogen) atoms. The zero-order valence-corrected chi connectivity index (χ0v) is 30.6. The average Bonchev–Trinajstić information content (AvgIpc) is 3.06. The highest BCUT2D eigenvalue weighted by molar-refractivity contribution is 7.99. The Labute approximate surface area is 301 Å². The van der Waals surface area contributed by atoms with Crippen LogP contribution in [-0.2, 0) is 16.0 Å². The van der Waals surface area contributed by atoms with Crippen LogP contribution in [0.2, 0.25) is 0 Å². The number of para-hydroxylation sites is 2. The number of benzene rings is 3. The molecule has 274 valence electrons. The summed E-state index contributed by atoms with van der Waals surface area (Å²) in [5, 5.41) is 42.7. The fraction of sp³-hybridized carbons (Fsp3) is 0.342. The summed E-state index contributed by atoms with van der Waals surface area (Å²) < 4.78 is 11.0. The van der Waals surface area contributed by atoms with E-state index in [4.69, 9.17) is 29.6 Å². The number of aliphatic hydroxyl groups excluding tert-OH is 2. The van der Waals surface area contributed by atoms with E-state index in [9.17, 15) is 19.5 Å². The number of allylic oxidation sites excluding steroid dienone is 2. The number of methoxy groups -OCH3 is 1. The van der Waals surface area contributed by atoms with E-state index in [1.807, 2.05) is 31.7 Å². The van der Waals surface area contributed by atoms with Crippen LogP contribution in [-0.4, -0.2) is 88.9 Å². The third kappa shape index (κ3) is 10.8. The molecule has 3 aromatic carbocycles. The summed E-state index contributed by atoms with van der Waals surface area (Å²) in [6, 6.07) is 20.3. The molecule has 3 atom stereocenters. The van der Waals surface area contributed by atoms with Crippen molar-refractivity contribution in [1.82, 2.24) is 4.90 Å². The van der Waals surface area contributed by atoms with Gasteiger partial charge in [0.25, 0.3) is 0 Å². The lowest BCUT2D eigenvalue weighted by atomic mass is 10.0. The van der Waals surface area contributed by atoms with Crippen LogP contribution in [0.5, 0.6) is 11.5 Å². The summed E-state index contributed by atoms with van der Waals surface area (Å²) in [6.45, 7) is 10.2. The van der Waals surface area contributed by atoms with Crippen LogP contribution in [0.3, 0.4) is 0 Å². The van der Waals surface area contributed by atoms with Crippen molar-refractivity contribution in [2.75, 3.05) is 39.2 Å². The molecule has 0 aliphatic carbocycles. The maximum Gasteiger partial charge on any atom is 0.335 e. The van der Waals surface area contributed by atoms with E-state index >= 15 is 0 Å². The van der Waals surface area contributed by atoms with Crippen molar-refractivity contribution >= 4 is 46.0 Å². The molecular weight excluding hydrogens is 676 g/mol. The van der Waals surface area contributed by atoms with Crippen molar-refractivity contribution in [3.8, 4) is 11.5 Å². The third-order valence-electron chi connectivity index (χ3n) is 7.61. The van der Waals surface area contributed by atoms with Gasteiger partial charge in [-0.3, -0.25) is 4.79 Å². The zero-order valence-electron chi connectivity index (χ0n) is 29.8. The van der Waals surface area contributed by atoms with Gasteiger partial charge in [-0.1, -0.05) is 54.6 Å². The van der Waals surface area contributed by atoms with Crippen LogP contribution < -0.4 is 15.1 Å². The maximum atomic E-state index is 12.0. The molecule has 0 radical (unpaired) electrons. The Bertz CT molecular complexity index is 1860. The number of rotatable bonds is 10. The molecule has 1 aromatic heterocycles. The van der Waals surface area contributed by atoms with Crippen LogP contribution in [0.15, 0.2) is 91.3 Å². The van der Waals surface area contributed by atoms with Gasteiger partial charge in [0.05, 0.1) is 18.5 Å². The molecule has 1 aliphatic heterocycles. The van der Waals surface area contributed by atoms with Gasteiger partial charge in [-0.25, -0.2) is 9.59 Å². The predicted octanol–water partition coefficient (Wildman–Crippen LogP) is 5.69. The fourth-order valence-electron chi connectivity index (χ4n) is 5.38. The van der Waals surface area contributed by atoms with Gasteiger partial charge in [0.1, 0.15) is 28.2 Å². The number of phenolic OH excluding ortho intramolecular Hbond substituents is 1. The number of carboxylic acid groups (broad SMARTS) is 2. The molecule has 0 spiro atoms. The lowest BCUT2D eigenvalue weighted by molar-refractivity contribution is -0.165. The quantitative estimate of drug-likeness (QED) is 0.126. The van der Waals surface area contributed by atoms with Crippen LogP contribution in [0, 0.1) is 12.8 Å². The number of hydrogen-bond donors (Lipinski definition) is 5. The molecular formula is C38H46N2O10S. The van der Waals surface area contributed by atoms with Crippen LogP contribution >= 0.6 is 11.8 Å². The van der Waals surface area contributed by atoms with E-state index in [2.05, 4.69) is 79.3 Å². The van der Waals surface area contributed by atoms with Crippen molar-refractivity contribution in [2.24, 2.45) is 5.92 Å². The second kappa shape index (κ2) is 18.4. The van der Waals surface area contributed by atoms with Gasteiger partial charge in [0, 0.05) is 40.6 Å². The highest BCUT2D eigenvalue weighted by Crippen LogP contribution is 2.48. The molecule has 5 rings (SSSR count). The van der Waals surface area contributed by atoms with Crippen molar-refractivity contribution in [2.45, 2.75) is 56.1 Å². The standard InChI is InChI=1S/C18H22N2S.C16H18O4.C4H6O6/c1-14(12-19(2)3)13-20-15-8-4-6-10-17(15)21-18-11-7-5-9-16(18)20;1-9(2)5-6-11-14(19-4)8-13(18)15-12(17)7-10(3)20-16(11)15;5-1(3(7)8)2(6)4(9)10/h4-11,14H,12-13H2,1-3H3;5,7-8,18H,6H2,1-4H3;1-2,5-6H,(H,7,8)(H,9,10). The number of aliphatic hydroxyl groups is 2. The summed E-state index contributed by atoms with van der Waals surface area (Å²) in [7, 11) is 5.81. The Balaban J connectivity index is 0.000000220. The highest BCUT2D eigenvalue weighted by Gasteiger charge is 2.29. The fourth-order valence-corrected chi connectivity index (χ4v) is 6.48. The first-order chi connectivity index (χ1) is 24.0. The number of carboxylic acids is 2. The van der Waals surface area contributed by atoms with Crippen LogP contribution in [0.1, 0.15) is 32.1 Å². The number of carbonyl (C=O) groups is 2. The molecule has 0 bridgehead atoms. The first-order valence-electron chi connectivity index (χ1n) is 16.1. The Hall–Kier alpha value is -4.82. The van der Waals surface area contributed by atoms with E-state index in [0.717, 1.165) is 24.2 Å². The van der Waals surface area contributed by atoms with Gasteiger partial charge in [0.15, 0.2) is 17.6 Å². The minimum Gasteiger partial charge on any atom is -0.507 e. The number of nitrogens with zero attached hydrogens (tertiary/aromatic N) is 2. The van der Waals surface area contributed by atoms with E-state index in [1.165, 1.54) is 40.4 Å². The van der Waals surface area contributed by atoms with Gasteiger partial charge < -0.3 is 44.5 Å². The second-order valence-corrected chi connectivity index (χ2v) is 13.7. The normalized spacial score (nSPS) is 13.3. The van der Waals surface area contributed by atoms with Crippen molar-refractivity contribution in [3.63, 3.8) is 0 Å². The Morgan fingerprint density at radius 2 is 1.49 bits per heavy atom. The minimum atomic E-state index is -2.27. The number of fused-ring (bicyclic) bond motifs is 3. The monoisotopic (exact) mass is 722 g/mol. The number of aliphatic carboxylic acids is 2. The Morgan fingerprint density at radius 3 is 1.96 bits per heavy atom. The van der Waals surface area contributed by atoms with Crippen molar-refractivity contribution in [1.29, 1.82) is 0 Å². The molecule has 12 nitrogen and oxygen atoms in total. The second-order valence-electron chi connectivity index (χ2n) is 12.6. The molecule has 3 unspecified atom stereocenters. The first kappa shape index (κ1) is 40.6. The third-order valence-corrected chi connectivity index (χ3v) is 8.74. The molecule has 4 aromatic rings. The van der Waals surface area contributed by atoms with Crippen molar-refractivity contribution in [3.05, 3.63) is 93.9 Å². The summed E-state index contributed by atoms with van der Waals surface area (Å²) in [5.41, 5.74) is 4.75. The van der Waals surface area contributed by atoms with Gasteiger partial charge in [0.2, 0.25) is 0 Å². The molecule has 1 aliphatic rings. The molecule has 0 amide bonds. The summed E-state index contributed by atoms with van der Waals surface area (Å²) in [5.74, 6) is -2.02. The van der Waals surface area contributed by atoms with E-state index in [-0.39, 0.29) is 16.6 Å². The Kier molecular flexibility index (Phi) is 14.7. The smallest absolute Gasteiger partial charge is 0.335 e. The van der Waals surface area contributed by atoms with E-state index in [1.54, 1.807) is 6.92 Å². The summed E-state index contributed by atoms with van der Waals surface area (Å²) in [4.78, 5) is 39.0. The topological polar surface area (TPSA) is 181 Å². The predicted molar refractivity (Wildman–Crippen MR) is 198 cm³/mol. The lowest BCUT2D eigenvalue weighted by Crippen LogP contribution is -2.39. The first-order valence-corrected chi connectivity index (χ1v) is 16.9. The summed E-state index contributed by atoms with van der Waals surface area (Å²) >= 11 is 1.88.